The highest BCUT2D eigenvalue weighted by Gasteiger charge is 2.54. The third kappa shape index (κ3) is 8.00. The molecule has 5 rings (SSSR count). The van der Waals surface area contributed by atoms with E-state index in [9.17, 15) is 27.2 Å². The van der Waals surface area contributed by atoms with Gasteiger partial charge < -0.3 is 15.4 Å². The Hall–Kier alpha value is -4.99. The lowest BCUT2D eigenvalue weighted by Gasteiger charge is -2.35. The molecule has 1 fully saturated rings. The molecule has 2 aromatic carbocycles. The first-order chi connectivity index (χ1) is 23.8. The molecule has 0 spiro atoms. The molecule has 0 aliphatic carbocycles. The maximum Gasteiger partial charge on any atom is 0.407 e. The summed E-state index contributed by atoms with van der Waals surface area (Å²) in [7, 11) is 0. The van der Waals surface area contributed by atoms with Crippen LogP contribution < -0.4 is 10.6 Å². The molecule has 1 unspecified atom stereocenters. The van der Waals surface area contributed by atoms with Crippen molar-refractivity contribution in [3.8, 4) is 16.8 Å². The maximum atomic E-state index is 14.9. The van der Waals surface area contributed by atoms with Crippen LogP contribution in [0.15, 0.2) is 61.2 Å². The zero-order chi connectivity index (χ0) is 37.5. The molecule has 0 radical (unpaired) electrons. The lowest BCUT2D eigenvalue weighted by Crippen LogP contribution is -2.47. The monoisotopic (exact) mass is 731 g/mol. The third-order valence-electron chi connectivity index (χ3n) is 7.98. The summed E-state index contributed by atoms with van der Waals surface area (Å²) in [5, 5.41) is 22.6. The number of ether oxygens (including phenoxy) is 1. The van der Waals surface area contributed by atoms with Crippen molar-refractivity contribution in [1.29, 1.82) is 5.41 Å². The predicted molar refractivity (Wildman–Crippen MR) is 181 cm³/mol. The van der Waals surface area contributed by atoms with Crippen LogP contribution >= 0.6 is 11.6 Å². The minimum atomic E-state index is -2.98. The lowest BCUT2D eigenvalue weighted by molar-refractivity contribution is -0.134. The SMILES string of the molecule is CC(C)(C)C[C@]1(c2ccc(-c3cnn(C(F)F)c3)cc2)NC(=N)N(C(COC(=O)NC(C)(C)C)c2ccc(Cl)c(-n3ncnc3C(F)F)c2)C1=O. The number of alkyl halides is 4. The highest BCUT2D eigenvalue weighted by Crippen LogP contribution is 2.43. The summed E-state index contributed by atoms with van der Waals surface area (Å²) in [6.45, 7) is 7.85. The fourth-order valence-corrected chi connectivity index (χ4v) is 6.17. The zero-order valence-electron chi connectivity index (χ0n) is 28.7. The molecular formula is C34H38ClF4N9O3. The molecule has 2 amide bonds. The number of hydrogen-bond acceptors (Lipinski definition) is 7. The van der Waals surface area contributed by atoms with Crippen molar-refractivity contribution in [2.75, 3.05) is 6.61 Å². The number of halogens is 5. The first kappa shape index (κ1) is 37.3. The summed E-state index contributed by atoms with van der Waals surface area (Å²) in [4.78, 5) is 32.5. The number of carbonyl (C=O) groups excluding carboxylic acids is 2. The first-order valence-electron chi connectivity index (χ1n) is 15.9. The molecule has 1 aliphatic rings. The van der Waals surface area contributed by atoms with Crippen LogP contribution in [0, 0.1) is 10.8 Å². The van der Waals surface area contributed by atoms with Gasteiger partial charge in [-0.3, -0.25) is 15.1 Å². The number of benzene rings is 2. The number of guanidine groups is 1. The van der Waals surface area contributed by atoms with Gasteiger partial charge in [-0.15, -0.1) is 0 Å². The van der Waals surface area contributed by atoms with Gasteiger partial charge in [-0.2, -0.15) is 19.0 Å². The Bertz CT molecular complexity index is 1920. The van der Waals surface area contributed by atoms with Gasteiger partial charge in [-0.1, -0.05) is 62.7 Å². The van der Waals surface area contributed by atoms with Crippen molar-refractivity contribution >= 4 is 29.6 Å². The second-order valence-corrected chi connectivity index (χ2v) is 14.8. The van der Waals surface area contributed by atoms with Gasteiger partial charge in [0.2, 0.25) is 0 Å². The molecule has 51 heavy (non-hydrogen) atoms. The lowest BCUT2D eigenvalue weighted by atomic mass is 9.75. The van der Waals surface area contributed by atoms with E-state index in [1.165, 1.54) is 29.4 Å². The molecule has 4 aromatic rings. The Balaban J connectivity index is 1.58. The smallest absolute Gasteiger partial charge is 0.407 e. The molecule has 272 valence electrons. The molecule has 2 atom stereocenters. The van der Waals surface area contributed by atoms with Crippen molar-refractivity contribution in [2.45, 2.75) is 78.1 Å². The summed E-state index contributed by atoms with van der Waals surface area (Å²) in [5.74, 6) is -1.51. The minimum absolute atomic E-state index is 0.0314. The summed E-state index contributed by atoms with van der Waals surface area (Å²) in [6, 6.07) is 9.98. The van der Waals surface area contributed by atoms with E-state index in [1.807, 2.05) is 20.8 Å². The van der Waals surface area contributed by atoms with E-state index in [-0.39, 0.29) is 23.1 Å². The molecule has 0 saturated carbocycles. The van der Waals surface area contributed by atoms with Crippen LogP contribution in [0.4, 0.5) is 22.4 Å². The minimum Gasteiger partial charge on any atom is -0.447 e. The second-order valence-electron chi connectivity index (χ2n) is 14.4. The first-order valence-corrected chi connectivity index (χ1v) is 16.2. The molecular weight excluding hydrogens is 694 g/mol. The molecule has 2 aromatic heterocycles. The summed E-state index contributed by atoms with van der Waals surface area (Å²) >= 11 is 6.45. The van der Waals surface area contributed by atoms with Crippen LogP contribution in [0.25, 0.3) is 16.8 Å². The normalized spacial score (nSPS) is 17.3. The van der Waals surface area contributed by atoms with Gasteiger partial charge in [-0.05, 0) is 61.4 Å². The fourth-order valence-electron chi connectivity index (χ4n) is 5.98. The summed E-state index contributed by atoms with van der Waals surface area (Å²) in [5.41, 5.74) is -0.768. The van der Waals surface area contributed by atoms with E-state index in [0.717, 1.165) is 11.0 Å². The topological polar surface area (TPSA) is 143 Å². The molecule has 3 heterocycles. The van der Waals surface area contributed by atoms with Crippen LogP contribution in [0.2, 0.25) is 5.02 Å². The van der Waals surface area contributed by atoms with Crippen molar-refractivity contribution in [3.05, 3.63) is 83.2 Å². The van der Waals surface area contributed by atoms with E-state index in [0.29, 0.717) is 26.9 Å². The van der Waals surface area contributed by atoms with Gasteiger partial charge in [0.05, 0.1) is 22.9 Å². The zero-order valence-corrected chi connectivity index (χ0v) is 29.5. The van der Waals surface area contributed by atoms with Gasteiger partial charge in [-0.25, -0.2) is 27.9 Å². The third-order valence-corrected chi connectivity index (χ3v) is 8.30. The number of aromatic nitrogens is 5. The van der Waals surface area contributed by atoms with Crippen LogP contribution in [0.1, 0.15) is 83.9 Å². The molecule has 3 N–H and O–H groups in total. The van der Waals surface area contributed by atoms with Crippen LogP contribution in [0.5, 0.6) is 0 Å². The van der Waals surface area contributed by atoms with E-state index >= 15 is 0 Å². The Labute approximate surface area is 296 Å². The molecule has 1 saturated heterocycles. The van der Waals surface area contributed by atoms with Crippen molar-refractivity contribution in [1.82, 2.24) is 40.1 Å². The van der Waals surface area contributed by atoms with Crippen molar-refractivity contribution in [2.24, 2.45) is 5.41 Å². The summed E-state index contributed by atoms with van der Waals surface area (Å²) < 4.78 is 61.0. The second kappa shape index (κ2) is 14.0. The highest BCUT2D eigenvalue weighted by atomic mass is 35.5. The standard InChI is InChI=1S/C34H38ClF4N9O3/c1-32(2,3)17-34(22-10-7-19(8-11-22)21-14-42-46(15-21)29(38)39)28(49)47(30(40)44-34)25(16-51-31(50)45-33(4,5)6)20-9-12-23(35)24(13-20)48-27(26(36)37)41-18-43-48/h7-15,18,25-26,29H,16-17H2,1-6H3,(H2,40,44)(H,45,50)/t25?,34-/m1/s1. The number of nitrogens with zero attached hydrogens (tertiary/aromatic N) is 6. The molecule has 17 heteroatoms. The van der Waals surface area contributed by atoms with Crippen molar-refractivity contribution < 1.29 is 31.9 Å². The Kier molecular flexibility index (Phi) is 10.2. The van der Waals surface area contributed by atoms with Gasteiger partial charge in [0.1, 0.15) is 18.5 Å². The maximum absolute atomic E-state index is 14.9. The van der Waals surface area contributed by atoms with Gasteiger partial charge >= 0.3 is 12.6 Å². The van der Waals surface area contributed by atoms with Crippen molar-refractivity contribution in [3.63, 3.8) is 0 Å². The number of hydrogen-bond donors (Lipinski definition) is 3. The van der Waals surface area contributed by atoms with E-state index in [4.69, 9.17) is 21.7 Å². The van der Waals surface area contributed by atoms with Gasteiger partial charge in [0.15, 0.2) is 11.8 Å². The van der Waals surface area contributed by atoms with Crippen LogP contribution in [-0.4, -0.2) is 59.6 Å². The molecule has 1 aliphatic heterocycles. The number of alkyl carbamates (subject to hydrolysis) is 1. The fraction of sp³-hybridized carbons (Fsp3) is 0.412. The number of amides is 2. The largest absolute Gasteiger partial charge is 0.447 e. The van der Waals surface area contributed by atoms with Gasteiger partial charge in [0.25, 0.3) is 12.3 Å². The molecule has 0 bridgehead atoms. The quantitative estimate of drug-likeness (QED) is 0.145. The highest BCUT2D eigenvalue weighted by molar-refractivity contribution is 6.32. The number of rotatable bonds is 10. The molecule has 12 nitrogen and oxygen atoms in total. The van der Waals surface area contributed by atoms with Crippen LogP contribution in [-0.2, 0) is 15.1 Å². The van der Waals surface area contributed by atoms with E-state index in [2.05, 4.69) is 25.8 Å². The van der Waals surface area contributed by atoms with E-state index in [1.54, 1.807) is 51.1 Å². The van der Waals surface area contributed by atoms with Crippen LogP contribution in [0.3, 0.4) is 0 Å². The number of carbonyl (C=O) groups is 2. The average molecular weight is 732 g/mol. The van der Waals surface area contributed by atoms with Gasteiger partial charge in [0, 0.05) is 17.3 Å². The summed E-state index contributed by atoms with van der Waals surface area (Å²) in [6.07, 6.45) is -0.0625. The Morgan fingerprint density at radius 3 is 2.31 bits per heavy atom. The Morgan fingerprint density at radius 2 is 1.73 bits per heavy atom. The number of nitrogens with one attached hydrogen (secondary N) is 3. The average Bonchev–Trinajstić information content (AvgIpc) is 3.77. The Morgan fingerprint density at radius 1 is 1.04 bits per heavy atom. The van der Waals surface area contributed by atoms with E-state index < -0.39 is 59.9 Å². The predicted octanol–water partition coefficient (Wildman–Crippen LogP) is 7.38.